The van der Waals surface area contributed by atoms with E-state index in [2.05, 4.69) is 26.1 Å². The standard InChI is InChI=1S/C25H31ClN4O3/c1-18-9-5-6-11-20(18)30-22(15-21(28-30)25(2,3)4)27-23(31)17-29(24(32)12-7-13-26)16-19-10-8-14-33-19/h5-6,8-11,14-15H,7,12-13,16-17H2,1-4H3,(H,27,31). The van der Waals surface area contributed by atoms with E-state index in [-0.39, 0.29) is 36.7 Å². The van der Waals surface area contributed by atoms with Gasteiger partial charge in [0.1, 0.15) is 18.1 Å². The molecule has 0 aliphatic rings. The maximum absolute atomic E-state index is 13.1. The Hall–Kier alpha value is -3.06. The predicted molar refractivity (Wildman–Crippen MR) is 130 cm³/mol. The summed E-state index contributed by atoms with van der Waals surface area (Å²) >= 11 is 5.76. The van der Waals surface area contributed by atoms with Gasteiger partial charge in [-0.3, -0.25) is 9.59 Å². The molecule has 7 nitrogen and oxygen atoms in total. The summed E-state index contributed by atoms with van der Waals surface area (Å²) in [6, 6.07) is 13.3. The number of anilines is 1. The normalized spacial score (nSPS) is 11.4. The number of alkyl halides is 1. The number of para-hydroxylation sites is 1. The molecule has 0 atom stereocenters. The molecule has 0 saturated carbocycles. The highest BCUT2D eigenvalue weighted by molar-refractivity contribution is 6.17. The van der Waals surface area contributed by atoms with E-state index in [1.165, 1.54) is 4.90 Å². The molecule has 0 fully saturated rings. The maximum atomic E-state index is 13.1. The number of benzene rings is 1. The van der Waals surface area contributed by atoms with Crippen LogP contribution in [0.1, 0.15) is 50.6 Å². The van der Waals surface area contributed by atoms with Crippen molar-refractivity contribution in [2.75, 3.05) is 17.7 Å². The fourth-order valence-corrected chi connectivity index (χ4v) is 3.51. The van der Waals surface area contributed by atoms with Crippen LogP contribution in [0, 0.1) is 6.92 Å². The van der Waals surface area contributed by atoms with Crippen LogP contribution >= 0.6 is 11.6 Å². The zero-order valence-electron chi connectivity index (χ0n) is 19.6. The van der Waals surface area contributed by atoms with Gasteiger partial charge in [0.25, 0.3) is 0 Å². The van der Waals surface area contributed by atoms with Gasteiger partial charge in [-0.1, -0.05) is 39.0 Å². The van der Waals surface area contributed by atoms with Crippen LogP contribution in [0.3, 0.4) is 0 Å². The average Bonchev–Trinajstić information content (AvgIpc) is 3.42. The summed E-state index contributed by atoms with van der Waals surface area (Å²) in [6.07, 6.45) is 2.37. The molecular formula is C25H31ClN4O3. The third kappa shape index (κ3) is 6.48. The van der Waals surface area contributed by atoms with E-state index in [9.17, 15) is 9.59 Å². The molecule has 1 aromatic carbocycles. The number of amides is 2. The molecule has 0 aliphatic carbocycles. The largest absolute Gasteiger partial charge is 0.467 e. The molecule has 0 unspecified atom stereocenters. The van der Waals surface area contributed by atoms with E-state index in [0.29, 0.717) is 23.9 Å². The van der Waals surface area contributed by atoms with Crippen molar-refractivity contribution in [2.24, 2.45) is 0 Å². The fourth-order valence-electron chi connectivity index (χ4n) is 3.38. The molecule has 8 heteroatoms. The Morgan fingerprint density at radius 3 is 2.58 bits per heavy atom. The number of aryl methyl sites for hydroxylation is 1. The maximum Gasteiger partial charge on any atom is 0.245 e. The Bertz CT molecular complexity index is 1080. The molecule has 0 aliphatic heterocycles. The molecule has 33 heavy (non-hydrogen) atoms. The predicted octanol–water partition coefficient (Wildman–Crippen LogP) is 5.06. The second-order valence-corrected chi connectivity index (χ2v) is 9.41. The average molecular weight is 471 g/mol. The first-order valence-corrected chi connectivity index (χ1v) is 11.5. The number of furan rings is 1. The number of nitrogens with zero attached hydrogens (tertiary/aromatic N) is 3. The first-order valence-electron chi connectivity index (χ1n) is 11.0. The molecule has 2 amide bonds. The Morgan fingerprint density at radius 1 is 1.18 bits per heavy atom. The smallest absolute Gasteiger partial charge is 0.245 e. The molecule has 3 aromatic rings. The first-order chi connectivity index (χ1) is 15.7. The molecule has 176 valence electrons. The van der Waals surface area contributed by atoms with Crippen molar-refractivity contribution < 1.29 is 14.0 Å². The number of hydrogen-bond donors (Lipinski definition) is 1. The minimum absolute atomic E-state index is 0.106. The number of hydrogen-bond acceptors (Lipinski definition) is 4. The van der Waals surface area contributed by atoms with Crippen LogP contribution in [0.5, 0.6) is 0 Å². The van der Waals surface area contributed by atoms with Gasteiger partial charge in [-0.15, -0.1) is 11.6 Å². The van der Waals surface area contributed by atoms with Crippen molar-refractivity contribution in [3.8, 4) is 5.69 Å². The van der Waals surface area contributed by atoms with Gasteiger partial charge in [0.05, 0.1) is 24.2 Å². The summed E-state index contributed by atoms with van der Waals surface area (Å²) in [5.41, 5.74) is 2.57. The lowest BCUT2D eigenvalue weighted by atomic mass is 9.92. The topological polar surface area (TPSA) is 80.4 Å². The van der Waals surface area contributed by atoms with Gasteiger partial charge in [-0.25, -0.2) is 4.68 Å². The van der Waals surface area contributed by atoms with Gasteiger partial charge in [-0.05, 0) is 37.1 Å². The van der Waals surface area contributed by atoms with Gasteiger partial charge in [0.2, 0.25) is 11.8 Å². The van der Waals surface area contributed by atoms with Crippen LogP contribution in [0.15, 0.2) is 53.1 Å². The molecule has 3 rings (SSSR count). The first kappa shape index (κ1) is 24.6. The molecule has 2 aromatic heterocycles. The van der Waals surface area contributed by atoms with Crippen LogP contribution in [0.4, 0.5) is 5.82 Å². The number of carbonyl (C=O) groups is 2. The highest BCUT2D eigenvalue weighted by Crippen LogP contribution is 2.27. The van der Waals surface area contributed by atoms with Crippen LogP contribution in [-0.4, -0.2) is 38.9 Å². The third-order valence-electron chi connectivity index (χ3n) is 5.23. The molecule has 0 spiro atoms. The van der Waals surface area contributed by atoms with Crippen LogP contribution in [0.2, 0.25) is 0 Å². The number of halogens is 1. The molecular weight excluding hydrogens is 440 g/mol. The summed E-state index contributed by atoms with van der Waals surface area (Å²) in [4.78, 5) is 27.3. The summed E-state index contributed by atoms with van der Waals surface area (Å²) in [5, 5.41) is 7.73. The van der Waals surface area contributed by atoms with Crippen molar-refractivity contribution in [1.82, 2.24) is 14.7 Å². The molecule has 0 bridgehead atoms. The van der Waals surface area contributed by atoms with Crippen molar-refractivity contribution in [3.63, 3.8) is 0 Å². The van der Waals surface area contributed by atoms with Gasteiger partial charge in [0, 0.05) is 23.8 Å². The summed E-state index contributed by atoms with van der Waals surface area (Å²) in [7, 11) is 0. The molecule has 0 saturated heterocycles. The third-order valence-corrected chi connectivity index (χ3v) is 5.49. The Labute approximate surface area is 199 Å². The molecule has 0 radical (unpaired) electrons. The van der Waals surface area contributed by atoms with Crippen molar-refractivity contribution in [3.05, 3.63) is 65.7 Å². The quantitative estimate of drug-likeness (QED) is 0.443. The number of rotatable bonds is 9. The van der Waals surface area contributed by atoms with Crippen molar-refractivity contribution in [1.29, 1.82) is 0 Å². The SMILES string of the molecule is Cc1ccccc1-n1nc(C(C)(C)C)cc1NC(=O)CN(Cc1ccco1)C(=O)CCCCl. The summed E-state index contributed by atoms with van der Waals surface area (Å²) < 4.78 is 7.13. The van der Waals surface area contributed by atoms with E-state index in [1.807, 2.05) is 37.3 Å². The van der Waals surface area contributed by atoms with E-state index in [4.69, 9.17) is 21.1 Å². The van der Waals surface area contributed by atoms with Gasteiger partial charge < -0.3 is 14.6 Å². The van der Waals surface area contributed by atoms with Crippen molar-refractivity contribution in [2.45, 2.75) is 52.5 Å². The van der Waals surface area contributed by atoms with Crippen molar-refractivity contribution >= 4 is 29.2 Å². The highest BCUT2D eigenvalue weighted by Gasteiger charge is 2.24. The van der Waals surface area contributed by atoms with E-state index >= 15 is 0 Å². The van der Waals surface area contributed by atoms with E-state index < -0.39 is 0 Å². The second-order valence-electron chi connectivity index (χ2n) is 9.03. The fraction of sp³-hybridized carbons (Fsp3) is 0.400. The van der Waals surface area contributed by atoms with Crippen LogP contribution in [0.25, 0.3) is 5.69 Å². The van der Waals surface area contributed by atoms with E-state index in [1.54, 1.807) is 23.1 Å². The number of carbonyl (C=O) groups excluding carboxylic acids is 2. The number of aromatic nitrogens is 2. The Balaban J connectivity index is 1.84. The molecule has 1 N–H and O–H groups in total. The van der Waals surface area contributed by atoms with Crippen LogP contribution < -0.4 is 5.32 Å². The summed E-state index contributed by atoms with van der Waals surface area (Å²) in [5.74, 6) is 1.10. The Kier molecular flexibility index (Phi) is 7.97. The second kappa shape index (κ2) is 10.7. The molecule has 2 heterocycles. The monoisotopic (exact) mass is 470 g/mol. The zero-order valence-corrected chi connectivity index (χ0v) is 20.4. The zero-order chi connectivity index (χ0) is 24.0. The Morgan fingerprint density at radius 2 is 1.94 bits per heavy atom. The van der Waals surface area contributed by atoms with Gasteiger partial charge in [0.15, 0.2) is 0 Å². The lowest BCUT2D eigenvalue weighted by molar-refractivity contribution is -0.135. The summed E-state index contributed by atoms with van der Waals surface area (Å²) in [6.45, 7) is 8.33. The van der Waals surface area contributed by atoms with Crippen LogP contribution in [-0.2, 0) is 21.5 Å². The van der Waals surface area contributed by atoms with Gasteiger partial charge in [-0.2, -0.15) is 5.10 Å². The van der Waals surface area contributed by atoms with Gasteiger partial charge >= 0.3 is 0 Å². The minimum Gasteiger partial charge on any atom is -0.467 e. The van der Waals surface area contributed by atoms with E-state index in [0.717, 1.165) is 16.9 Å². The highest BCUT2D eigenvalue weighted by atomic mass is 35.5. The minimum atomic E-state index is -0.309. The lowest BCUT2D eigenvalue weighted by Gasteiger charge is -2.21. The number of nitrogens with one attached hydrogen (secondary N) is 1. The lowest BCUT2D eigenvalue weighted by Crippen LogP contribution is -2.37.